The van der Waals surface area contributed by atoms with E-state index < -0.39 is 6.10 Å². The lowest BCUT2D eigenvalue weighted by Crippen LogP contribution is -2.30. The zero-order chi connectivity index (χ0) is 52.2. The molecule has 0 aromatic rings. The maximum atomic E-state index is 12.8. The third-order valence-corrected chi connectivity index (χ3v) is 11.6. The van der Waals surface area contributed by atoms with Crippen molar-refractivity contribution >= 4 is 17.9 Å². The minimum absolute atomic E-state index is 0.107. The van der Waals surface area contributed by atoms with Crippen LogP contribution < -0.4 is 0 Å². The molecule has 1 atom stereocenters. The molecule has 0 aromatic carbocycles. The number of hydrogen-bond donors (Lipinski definition) is 0. The van der Waals surface area contributed by atoms with Gasteiger partial charge in [0, 0.05) is 19.3 Å². The number of carbonyl (C=O) groups is 3. The maximum absolute atomic E-state index is 12.8. The van der Waals surface area contributed by atoms with Crippen molar-refractivity contribution in [2.45, 2.75) is 239 Å². The number of hydrogen-bond acceptors (Lipinski definition) is 6. The maximum Gasteiger partial charge on any atom is 0.306 e. The number of esters is 3. The molecule has 0 aliphatic heterocycles. The molecular weight excluding hydrogens is 889 g/mol. The number of allylic oxidation sites excluding steroid dienone is 24. The minimum atomic E-state index is -0.814. The lowest BCUT2D eigenvalue weighted by molar-refractivity contribution is -0.167. The van der Waals surface area contributed by atoms with Crippen molar-refractivity contribution in [1.82, 2.24) is 0 Å². The fourth-order valence-electron chi connectivity index (χ4n) is 7.33. The summed E-state index contributed by atoms with van der Waals surface area (Å²) in [6, 6.07) is 0. The molecule has 0 radical (unpaired) electrons. The molecule has 6 nitrogen and oxygen atoms in total. The molecule has 1 unspecified atom stereocenters. The average Bonchev–Trinajstić information content (AvgIpc) is 3.38. The van der Waals surface area contributed by atoms with Crippen molar-refractivity contribution in [3.05, 3.63) is 146 Å². The monoisotopic (exact) mass is 993 g/mol. The molecule has 0 bridgehead atoms. The first-order chi connectivity index (χ1) is 35.5. The number of ether oxygens (including phenoxy) is 3. The van der Waals surface area contributed by atoms with E-state index in [4.69, 9.17) is 14.2 Å². The highest BCUT2D eigenvalue weighted by atomic mass is 16.6. The molecule has 404 valence electrons. The van der Waals surface area contributed by atoms with Gasteiger partial charge in [-0.1, -0.05) is 237 Å². The van der Waals surface area contributed by atoms with Gasteiger partial charge >= 0.3 is 17.9 Å². The lowest BCUT2D eigenvalue weighted by atomic mass is 10.1. The van der Waals surface area contributed by atoms with Crippen LogP contribution in [0, 0.1) is 0 Å². The lowest BCUT2D eigenvalue weighted by Gasteiger charge is -2.18. The molecule has 6 heteroatoms. The molecule has 0 aromatic heterocycles. The van der Waals surface area contributed by atoms with E-state index in [1.807, 2.05) is 0 Å². The zero-order valence-corrected chi connectivity index (χ0v) is 46.1. The van der Waals surface area contributed by atoms with E-state index in [1.54, 1.807) is 0 Å². The Kier molecular flexibility index (Phi) is 55.0. The summed E-state index contributed by atoms with van der Waals surface area (Å²) in [5, 5.41) is 0. The highest BCUT2D eigenvalue weighted by molar-refractivity contribution is 5.71. The predicted molar refractivity (Wildman–Crippen MR) is 311 cm³/mol. The molecule has 0 fully saturated rings. The summed E-state index contributed by atoms with van der Waals surface area (Å²) < 4.78 is 16.8. The summed E-state index contributed by atoms with van der Waals surface area (Å²) in [6.45, 7) is 6.33. The molecule has 0 amide bonds. The second-order valence-electron chi connectivity index (χ2n) is 18.4. The average molecular weight is 994 g/mol. The van der Waals surface area contributed by atoms with E-state index in [2.05, 4.69) is 167 Å². The smallest absolute Gasteiger partial charge is 0.306 e. The molecule has 0 saturated carbocycles. The summed E-state index contributed by atoms with van der Waals surface area (Å²) in [7, 11) is 0. The number of unbranched alkanes of at least 4 members (excludes halogenated alkanes) is 15. The van der Waals surface area contributed by atoms with Crippen molar-refractivity contribution in [2.75, 3.05) is 13.2 Å². The van der Waals surface area contributed by atoms with Crippen molar-refractivity contribution in [1.29, 1.82) is 0 Å². The van der Waals surface area contributed by atoms with Gasteiger partial charge in [-0.3, -0.25) is 14.4 Å². The highest BCUT2D eigenvalue weighted by Gasteiger charge is 2.19. The molecule has 0 heterocycles. The van der Waals surface area contributed by atoms with Gasteiger partial charge in [0.15, 0.2) is 6.10 Å². The Hall–Kier alpha value is -4.71. The quantitative estimate of drug-likeness (QED) is 0.0261. The van der Waals surface area contributed by atoms with E-state index in [9.17, 15) is 14.4 Å². The Balaban J connectivity index is 4.46. The normalized spacial score (nSPS) is 13.2. The van der Waals surface area contributed by atoms with Gasteiger partial charge in [0.25, 0.3) is 0 Å². The fourth-order valence-corrected chi connectivity index (χ4v) is 7.33. The second-order valence-corrected chi connectivity index (χ2v) is 18.4. The summed E-state index contributed by atoms with van der Waals surface area (Å²) in [6.07, 6.45) is 84.1. The second kappa shape index (κ2) is 58.9. The van der Waals surface area contributed by atoms with Crippen LogP contribution in [0.3, 0.4) is 0 Å². The Morgan fingerprint density at radius 3 is 0.847 bits per heavy atom. The Labute approximate surface area is 442 Å². The van der Waals surface area contributed by atoms with Crippen LogP contribution in [-0.2, 0) is 28.6 Å². The van der Waals surface area contributed by atoms with Crippen molar-refractivity contribution in [2.24, 2.45) is 0 Å². The standard InChI is InChI=1S/C66H104O6/c1-4-7-10-13-16-19-22-24-26-28-30-31-32-33-34-35-37-38-40-42-44-47-50-53-56-59-65(68)71-62-63(61-70-64(67)58-55-52-49-46-21-18-15-12-9-6-3)72-66(69)60-57-54-51-48-45-43-41-39-36-29-27-25-23-20-17-14-11-8-5-2/h7-8,10-11,16-17,19-20,24-27,30-31,33-34,36-39,42-45,63H,4-6,9,12-15,18,21-23,28-29,32,35,40-41,46-62H2,1-3H3/b10-7-,11-8-,19-16-,20-17-,26-24-,27-25-,31-30-,34-33-,38-37-,39-36-,44-42-,45-43-. The van der Waals surface area contributed by atoms with E-state index in [0.29, 0.717) is 19.3 Å². The molecule has 72 heavy (non-hydrogen) atoms. The number of rotatable bonds is 50. The molecule has 0 spiro atoms. The van der Waals surface area contributed by atoms with Gasteiger partial charge < -0.3 is 14.2 Å². The third kappa shape index (κ3) is 56.2. The first kappa shape index (κ1) is 67.3. The molecule has 0 rings (SSSR count). The Morgan fingerprint density at radius 1 is 0.292 bits per heavy atom. The van der Waals surface area contributed by atoms with Crippen LogP contribution in [0.15, 0.2) is 146 Å². The summed E-state index contributed by atoms with van der Waals surface area (Å²) in [5.41, 5.74) is 0. The molecule has 0 aliphatic carbocycles. The van der Waals surface area contributed by atoms with Gasteiger partial charge in [0.1, 0.15) is 13.2 Å². The number of carbonyl (C=O) groups excluding carboxylic acids is 3. The molecule has 0 aliphatic rings. The molecule has 0 N–H and O–H groups in total. The molecular formula is C66H104O6. The van der Waals surface area contributed by atoms with Gasteiger partial charge in [-0.2, -0.15) is 0 Å². The van der Waals surface area contributed by atoms with Gasteiger partial charge in [-0.15, -0.1) is 0 Å². The van der Waals surface area contributed by atoms with E-state index >= 15 is 0 Å². The predicted octanol–water partition coefficient (Wildman–Crippen LogP) is 19.6. The summed E-state index contributed by atoms with van der Waals surface area (Å²) >= 11 is 0. The van der Waals surface area contributed by atoms with Crippen LogP contribution in [0.5, 0.6) is 0 Å². The highest BCUT2D eigenvalue weighted by Crippen LogP contribution is 2.13. The van der Waals surface area contributed by atoms with Crippen LogP contribution in [0.2, 0.25) is 0 Å². The topological polar surface area (TPSA) is 78.9 Å². The van der Waals surface area contributed by atoms with Crippen molar-refractivity contribution in [3.63, 3.8) is 0 Å². The van der Waals surface area contributed by atoms with Gasteiger partial charge in [-0.25, -0.2) is 0 Å². The van der Waals surface area contributed by atoms with Crippen LogP contribution in [-0.4, -0.2) is 37.2 Å². The Morgan fingerprint density at radius 2 is 0.542 bits per heavy atom. The van der Waals surface area contributed by atoms with Crippen LogP contribution in [0.4, 0.5) is 0 Å². The van der Waals surface area contributed by atoms with Gasteiger partial charge in [0.2, 0.25) is 0 Å². The van der Waals surface area contributed by atoms with Crippen LogP contribution in [0.25, 0.3) is 0 Å². The van der Waals surface area contributed by atoms with Gasteiger partial charge in [-0.05, 0) is 122 Å². The van der Waals surface area contributed by atoms with Crippen molar-refractivity contribution in [3.8, 4) is 0 Å². The SMILES string of the molecule is CC/C=C\C/C=C\C/C=C\C/C=C\C/C=C\C/C=C\C/C=C\CCCCCC(=O)OCC(COC(=O)CCCCCCCCCCCC)OC(=O)CCCCC/C=C\C/C=C\C/C=C\C/C=C\C/C=C\CC. The van der Waals surface area contributed by atoms with E-state index in [1.165, 1.54) is 44.9 Å². The summed E-state index contributed by atoms with van der Waals surface area (Å²) in [5.74, 6) is -0.982. The third-order valence-electron chi connectivity index (χ3n) is 11.6. The first-order valence-electron chi connectivity index (χ1n) is 28.8. The summed E-state index contributed by atoms with van der Waals surface area (Å²) in [4.78, 5) is 38.1. The van der Waals surface area contributed by atoms with E-state index in [-0.39, 0.29) is 37.5 Å². The Bertz CT molecular complexity index is 1610. The fraction of sp³-hybridized carbons (Fsp3) is 0.591. The van der Waals surface area contributed by atoms with Crippen molar-refractivity contribution < 1.29 is 28.6 Å². The van der Waals surface area contributed by atoms with Crippen LogP contribution in [0.1, 0.15) is 233 Å². The van der Waals surface area contributed by atoms with Gasteiger partial charge in [0.05, 0.1) is 0 Å². The minimum Gasteiger partial charge on any atom is -0.462 e. The largest absolute Gasteiger partial charge is 0.462 e. The zero-order valence-electron chi connectivity index (χ0n) is 46.1. The molecule has 0 saturated heterocycles. The van der Waals surface area contributed by atoms with Crippen LogP contribution >= 0.6 is 0 Å². The first-order valence-corrected chi connectivity index (χ1v) is 28.8. The van der Waals surface area contributed by atoms with E-state index in [0.717, 1.165) is 141 Å².